The van der Waals surface area contributed by atoms with E-state index in [-0.39, 0.29) is 12.1 Å². The molecule has 0 amide bonds. The summed E-state index contributed by atoms with van der Waals surface area (Å²) in [6.07, 6.45) is 7.08. The van der Waals surface area contributed by atoms with Crippen LogP contribution in [0.25, 0.3) is 34.4 Å². The molecule has 2 heteroatoms. The molecule has 3 atom stereocenters. The van der Waals surface area contributed by atoms with Crippen molar-refractivity contribution in [1.29, 1.82) is 0 Å². The summed E-state index contributed by atoms with van der Waals surface area (Å²) in [7, 11) is 0. The SMILES string of the molecule is C=Cc1ccc(-c2ccc(-c3ccc(C)cc3)cc2C)cc1.C=Cc1ccc(C(=O)OC2CC(C)CCC2C(C)C)cc1. The van der Waals surface area contributed by atoms with Gasteiger partial charge in [0, 0.05) is 0 Å². The Balaban J connectivity index is 0.000000197. The molecule has 4 aromatic rings. The Kier molecular flexibility index (Phi) is 11.0. The van der Waals surface area contributed by atoms with Crippen molar-refractivity contribution in [3.8, 4) is 22.3 Å². The first kappa shape index (κ1) is 31.8. The summed E-state index contributed by atoms with van der Waals surface area (Å²) in [5, 5.41) is 0. The normalized spacial score (nSPS) is 17.9. The van der Waals surface area contributed by atoms with Crippen molar-refractivity contribution >= 4 is 18.1 Å². The summed E-state index contributed by atoms with van der Waals surface area (Å²) in [6.45, 7) is 18.5. The first-order chi connectivity index (χ1) is 20.7. The summed E-state index contributed by atoms with van der Waals surface area (Å²) in [5.74, 6) is 1.48. The van der Waals surface area contributed by atoms with Crippen LogP contribution >= 0.6 is 0 Å². The van der Waals surface area contributed by atoms with Crippen molar-refractivity contribution in [1.82, 2.24) is 0 Å². The van der Waals surface area contributed by atoms with E-state index in [2.05, 4.69) is 115 Å². The van der Waals surface area contributed by atoms with Gasteiger partial charge in [-0.2, -0.15) is 0 Å². The van der Waals surface area contributed by atoms with Gasteiger partial charge in [-0.1, -0.05) is 137 Å². The second kappa shape index (κ2) is 14.8. The van der Waals surface area contributed by atoms with Crippen molar-refractivity contribution < 1.29 is 9.53 Å². The maximum atomic E-state index is 12.3. The van der Waals surface area contributed by atoms with Gasteiger partial charge < -0.3 is 4.74 Å². The zero-order valence-electron chi connectivity index (χ0n) is 26.5. The molecule has 4 aromatic carbocycles. The molecular formula is C41H46O2. The highest BCUT2D eigenvalue weighted by atomic mass is 16.5. The van der Waals surface area contributed by atoms with Gasteiger partial charge in [0.1, 0.15) is 6.10 Å². The van der Waals surface area contributed by atoms with E-state index in [0.717, 1.165) is 24.0 Å². The molecular weight excluding hydrogens is 524 g/mol. The Labute approximate surface area is 259 Å². The maximum absolute atomic E-state index is 12.3. The van der Waals surface area contributed by atoms with Gasteiger partial charge in [0.25, 0.3) is 0 Å². The number of aryl methyl sites for hydroxylation is 2. The Morgan fingerprint density at radius 3 is 1.88 bits per heavy atom. The van der Waals surface area contributed by atoms with Crippen LogP contribution in [0.15, 0.2) is 104 Å². The van der Waals surface area contributed by atoms with Crippen molar-refractivity contribution in [3.63, 3.8) is 0 Å². The molecule has 0 spiro atoms. The number of hydrogen-bond acceptors (Lipinski definition) is 2. The van der Waals surface area contributed by atoms with Crippen LogP contribution in [0.1, 0.15) is 72.6 Å². The van der Waals surface area contributed by atoms with Gasteiger partial charge >= 0.3 is 5.97 Å². The average molecular weight is 571 g/mol. The lowest BCUT2D eigenvalue weighted by molar-refractivity contribution is -0.0174. The van der Waals surface area contributed by atoms with Crippen LogP contribution in [0.4, 0.5) is 0 Å². The fraction of sp³-hybridized carbons (Fsp3) is 0.293. The van der Waals surface area contributed by atoms with Crippen LogP contribution in [-0.2, 0) is 4.74 Å². The van der Waals surface area contributed by atoms with Gasteiger partial charge in [-0.15, -0.1) is 0 Å². The van der Waals surface area contributed by atoms with E-state index < -0.39 is 0 Å². The standard InChI is InChI=1S/C22H20.C19H26O2/c1-4-18-7-11-20(12-8-18)22-14-13-21(15-17(22)3)19-9-5-16(2)6-10-19;1-5-15-7-9-16(10-8-15)19(20)21-18-12-14(4)6-11-17(18)13(2)3/h4-15H,1H2,2-3H3;5,7-10,13-14,17-18H,1,6,11-12H2,2-4H3. The van der Waals surface area contributed by atoms with Crippen molar-refractivity contribution in [3.05, 3.63) is 132 Å². The minimum absolute atomic E-state index is 0.0559. The zero-order valence-corrected chi connectivity index (χ0v) is 26.5. The summed E-state index contributed by atoms with van der Waals surface area (Å²) in [4.78, 5) is 12.3. The summed E-state index contributed by atoms with van der Waals surface area (Å²) >= 11 is 0. The fourth-order valence-corrected chi connectivity index (χ4v) is 5.92. The second-order valence-corrected chi connectivity index (χ2v) is 12.3. The summed E-state index contributed by atoms with van der Waals surface area (Å²) in [5.41, 5.74) is 10.4. The predicted octanol–water partition coefficient (Wildman–Crippen LogP) is 11.2. The first-order valence-electron chi connectivity index (χ1n) is 15.5. The predicted molar refractivity (Wildman–Crippen MR) is 184 cm³/mol. The number of ether oxygens (including phenoxy) is 1. The third-order valence-corrected chi connectivity index (χ3v) is 8.67. The largest absolute Gasteiger partial charge is 0.458 e. The van der Waals surface area contributed by atoms with Gasteiger partial charge in [0.15, 0.2) is 0 Å². The Hall–Kier alpha value is -4.17. The van der Waals surface area contributed by atoms with E-state index in [1.165, 1.54) is 39.8 Å². The van der Waals surface area contributed by atoms with E-state index >= 15 is 0 Å². The molecule has 1 aliphatic carbocycles. The Morgan fingerprint density at radius 2 is 1.33 bits per heavy atom. The molecule has 3 unspecified atom stereocenters. The summed E-state index contributed by atoms with van der Waals surface area (Å²) in [6, 6.07) is 31.3. The highest BCUT2D eigenvalue weighted by Crippen LogP contribution is 2.36. The van der Waals surface area contributed by atoms with E-state index in [1.807, 2.05) is 30.3 Å². The summed E-state index contributed by atoms with van der Waals surface area (Å²) < 4.78 is 5.83. The topological polar surface area (TPSA) is 26.3 Å². The zero-order chi connectivity index (χ0) is 30.9. The van der Waals surface area contributed by atoms with E-state index in [0.29, 0.717) is 23.3 Å². The lowest BCUT2D eigenvalue weighted by Gasteiger charge is -2.36. The molecule has 0 aromatic heterocycles. The minimum atomic E-state index is -0.199. The maximum Gasteiger partial charge on any atom is 0.338 e. The van der Waals surface area contributed by atoms with Crippen LogP contribution in [-0.4, -0.2) is 12.1 Å². The Bertz CT molecular complexity index is 1510. The molecule has 0 radical (unpaired) electrons. The highest BCUT2D eigenvalue weighted by Gasteiger charge is 2.33. The van der Waals surface area contributed by atoms with Gasteiger partial charge in [-0.05, 0) is 95.5 Å². The van der Waals surface area contributed by atoms with Crippen LogP contribution in [0.2, 0.25) is 0 Å². The number of benzene rings is 4. The quantitative estimate of drug-likeness (QED) is 0.207. The number of esters is 1. The van der Waals surface area contributed by atoms with Crippen molar-refractivity contribution in [2.45, 2.75) is 60.0 Å². The molecule has 0 N–H and O–H groups in total. The molecule has 0 bridgehead atoms. The van der Waals surface area contributed by atoms with Crippen LogP contribution in [0.3, 0.4) is 0 Å². The van der Waals surface area contributed by atoms with Crippen LogP contribution in [0.5, 0.6) is 0 Å². The monoisotopic (exact) mass is 570 g/mol. The molecule has 222 valence electrons. The van der Waals surface area contributed by atoms with Crippen LogP contribution in [0, 0.1) is 31.6 Å². The fourth-order valence-electron chi connectivity index (χ4n) is 5.92. The molecule has 0 saturated heterocycles. The minimum Gasteiger partial charge on any atom is -0.458 e. The molecule has 1 aliphatic rings. The molecule has 1 saturated carbocycles. The van der Waals surface area contributed by atoms with E-state index in [4.69, 9.17) is 4.74 Å². The number of hydrogen-bond donors (Lipinski definition) is 0. The second-order valence-electron chi connectivity index (χ2n) is 12.3. The molecule has 43 heavy (non-hydrogen) atoms. The third-order valence-electron chi connectivity index (χ3n) is 8.67. The molecule has 1 fully saturated rings. The third kappa shape index (κ3) is 8.45. The molecule has 0 heterocycles. The average Bonchev–Trinajstić information content (AvgIpc) is 3.01. The molecule has 0 aliphatic heterocycles. The number of carbonyl (C=O) groups excluding carboxylic acids is 1. The van der Waals surface area contributed by atoms with Gasteiger partial charge in [-0.3, -0.25) is 0 Å². The van der Waals surface area contributed by atoms with Gasteiger partial charge in [-0.25, -0.2) is 4.79 Å². The van der Waals surface area contributed by atoms with E-state index in [9.17, 15) is 4.79 Å². The van der Waals surface area contributed by atoms with Crippen LogP contribution < -0.4 is 0 Å². The molecule has 2 nitrogen and oxygen atoms in total. The smallest absolute Gasteiger partial charge is 0.338 e. The number of carbonyl (C=O) groups is 1. The first-order valence-corrected chi connectivity index (χ1v) is 15.5. The highest BCUT2D eigenvalue weighted by molar-refractivity contribution is 5.89. The molecule has 5 rings (SSSR count). The van der Waals surface area contributed by atoms with Crippen molar-refractivity contribution in [2.75, 3.05) is 0 Å². The lowest BCUT2D eigenvalue weighted by atomic mass is 9.75. The Morgan fingerprint density at radius 1 is 0.767 bits per heavy atom. The number of rotatable bonds is 7. The van der Waals surface area contributed by atoms with E-state index in [1.54, 1.807) is 6.08 Å². The van der Waals surface area contributed by atoms with Gasteiger partial charge in [0.05, 0.1) is 5.56 Å². The van der Waals surface area contributed by atoms with Gasteiger partial charge in [0.2, 0.25) is 0 Å². The lowest BCUT2D eigenvalue weighted by Crippen LogP contribution is -2.35. The van der Waals surface area contributed by atoms with Crippen molar-refractivity contribution in [2.24, 2.45) is 17.8 Å².